The molecule has 2 aromatic rings. The number of rotatable bonds is 3. The summed E-state index contributed by atoms with van der Waals surface area (Å²) in [7, 11) is 0. The van der Waals surface area contributed by atoms with Crippen LogP contribution in [0.4, 0.5) is 13.2 Å². The fraction of sp³-hybridized carbons (Fsp3) is 0.118. The molecule has 22 heavy (non-hydrogen) atoms. The number of hydrogen-bond donors (Lipinski definition) is 1. The molecule has 0 aliphatic heterocycles. The van der Waals surface area contributed by atoms with Gasteiger partial charge in [-0.15, -0.1) is 0 Å². The van der Waals surface area contributed by atoms with E-state index in [1.54, 1.807) is 24.3 Å². The van der Waals surface area contributed by atoms with Crippen molar-refractivity contribution in [3.8, 4) is 11.8 Å². The Bertz CT molecular complexity index is 750. The topological polar surface area (TPSA) is 37.3 Å². The van der Waals surface area contributed by atoms with Gasteiger partial charge >= 0.3 is 5.97 Å². The van der Waals surface area contributed by atoms with Gasteiger partial charge in [-0.3, -0.25) is 4.79 Å². The number of benzene rings is 2. The predicted molar refractivity (Wildman–Crippen MR) is 74.7 cm³/mol. The number of carboxylic acid groups (broad SMARTS) is 1. The smallest absolute Gasteiger partial charge is 0.303 e. The second kappa shape index (κ2) is 6.81. The van der Waals surface area contributed by atoms with Gasteiger partial charge in [0.15, 0.2) is 17.5 Å². The van der Waals surface area contributed by atoms with E-state index >= 15 is 0 Å². The van der Waals surface area contributed by atoms with Crippen molar-refractivity contribution in [2.45, 2.75) is 12.8 Å². The Balaban J connectivity index is 2.30. The highest BCUT2D eigenvalue weighted by atomic mass is 19.2. The second-order valence-corrected chi connectivity index (χ2v) is 4.55. The molecule has 0 spiro atoms. The van der Waals surface area contributed by atoms with Crippen molar-refractivity contribution in [2.24, 2.45) is 0 Å². The third kappa shape index (κ3) is 3.89. The van der Waals surface area contributed by atoms with Crippen LogP contribution < -0.4 is 0 Å². The van der Waals surface area contributed by atoms with E-state index in [-0.39, 0.29) is 12.0 Å². The average Bonchev–Trinajstić information content (AvgIpc) is 2.49. The Kier molecular flexibility index (Phi) is 4.84. The molecule has 5 heteroatoms. The number of hydrogen-bond acceptors (Lipinski definition) is 1. The molecule has 0 atom stereocenters. The van der Waals surface area contributed by atoms with Crippen LogP contribution >= 0.6 is 0 Å². The highest BCUT2D eigenvalue weighted by Gasteiger charge is 2.09. The summed E-state index contributed by atoms with van der Waals surface area (Å²) >= 11 is 0. The van der Waals surface area contributed by atoms with Crippen molar-refractivity contribution in [1.82, 2.24) is 0 Å². The van der Waals surface area contributed by atoms with Gasteiger partial charge in [-0.25, -0.2) is 13.2 Å². The highest BCUT2D eigenvalue weighted by Crippen LogP contribution is 2.14. The molecule has 1 N–H and O–H groups in total. The molecule has 0 saturated heterocycles. The molecule has 0 radical (unpaired) electrons. The summed E-state index contributed by atoms with van der Waals surface area (Å²) in [5, 5.41) is 8.71. The lowest BCUT2D eigenvalue weighted by Crippen LogP contribution is -1.99. The van der Waals surface area contributed by atoms with Gasteiger partial charge in [-0.1, -0.05) is 30.0 Å². The number of carboxylic acids is 1. The Hall–Kier alpha value is -2.74. The molecule has 0 aromatic heterocycles. The van der Waals surface area contributed by atoms with E-state index in [9.17, 15) is 18.0 Å². The summed E-state index contributed by atoms with van der Waals surface area (Å²) < 4.78 is 39.1. The summed E-state index contributed by atoms with van der Waals surface area (Å²) in [5.74, 6) is 0.217. The summed E-state index contributed by atoms with van der Waals surface area (Å²) in [6.07, 6.45) is 0.255. The number of carbonyl (C=O) groups is 1. The Morgan fingerprint density at radius 3 is 2.32 bits per heavy atom. The zero-order valence-electron chi connectivity index (χ0n) is 11.4. The van der Waals surface area contributed by atoms with Crippen molar-refractivity contribution < 1.29 is 23.1 Å². The number of aliphatic carboxylic acids is 1. The van der Waals surface area contributed by atoms with Crippen LogP contribution in [0.3, 0.4) is 0 Å². The Morgan fingerprint density at radius 2 is 1.68 bits per heavy atom. The minimum atomic E-state index is -1.53. The van der Waals surface area contributed by atoms with Crippen molar-refractivity contribution >= 4 is 5.97 Å². The molecule has 0 bridgehead atoms. The zero-order chi connectivity index (χ0) is 16.1. The van der Waals surface area contributed by atoms with Crippen molar-refractivity contribution in [3.05, 3.63) is 70.5 Å². The maximum atomic E-state index is 13.1. The average molecular weight is 304 g/mol. The van der Waals surface area contributed by atoms with Gasteiger partial charge in [-0.05, 0) is 30.2 Å². The van der Waals surface area contributed by atoms with Gasteiger partial charge < -0.3 is 5.11 Å². The van der Waals surface area contributed by atoms with Crippen LogP contribution in [0.15, 0.2) is 36.4 Å². The molecule has 0 heterocycles. The molecule has 2 rings (SSSR count). The lowest BCUT2D eigenvalue weighted by atomic mass is 10.0. The molecule has 0 saturated carbocycles. The molecule has 0 unspecified atom stereocenters. The molecule has 0 aliphatic rings. The summed E-state index contributed by atoms with van der Waals surface area (Å²) in [4.78, 5) is 10.6. The third-order valence-corrected chi connectivity index (χ3v) is 2.95. The minimum absolute atomic E-state index is 0.00411. The van der Waals surface area contributed by atoms with Crippen molar-refractivity contribution in [2.75, 3.05) is 0 Å². The van der Waals surface area contributed by atoms with E-state index in [4.69, 9.17) is 5.11 Å². The van der Waals surface area contributed by atoms with Crippen LogP contribution in [0.25, 0.3) is 0 Å². The molecular weight excluding hydrogens is 293 g/mol. The fourth-order valence-corrected chi connectivity index (χ4v) is 1.87. The second-order valence-electron chi connectivity index (χ2n) is 4.55. The molecule has 0 fully saturated rings. The standard InChI is InChI=1S/C17H11F3O2/c18-14-9-11(10-15(19)17(14)20)5-6-12-3-1-2-4-13(12)7-8-16(21)22/h1-4,9-10H,7-8H2,(H,21,22). The van der Waals surface area contributed by atoms with Crippen LogP contribution in [0.2, 0.25) is 0 Å². The lowest BCUT2D eigenvalue weighted by molar-refractivity contribution is -0.136. The van der Waals surface area contributed by atoms with Gasteiger partial charge in [0.2, 0.25) is 0 Å². The van der Waals surface area contributed by atoms with E-state index < -0.39 is 23.4 Å². The van der Waals surface area contributed by atoms with E-state index in [0.717, 1.165) is 17.7 Å². The molecule has 0 aliphatic carbocycles. The predicted octanol–water partition coefficient (Wildman–Crippen LogP) is 3.52. The van der Waals surface area contributed by atoms with Crippen molar-refractivity contribution in [1.29, 1.82) is 0 Å². The lowest BCUT2D eigenvalue weighted by Gasteiger charge is -2.02. The molecular formula is C17H11F3O2. The van der Waals surface area contributed by atoms with Crippen molar-refractivity contribution in [3.63, 3.8) is 0 Å². The summed E-state index contributed by atoms with van der Waals surface area (Å²) in [6.45, 7) is 0. The van der Waals surface area contributed by atoms with Crippen LogP contribution in [0.5, 0.6) is 0 Å². The molecule has 0 amide bonds. The van der Waals surface area contributed by atoms with Gasteiger partial charge in [-0.2, -0.15) is 0 Å². The van der Waals surface area contributed by atoms with Crippen LogP contribution in [0, 0.1) is 29.3 Å². The zero-order valence-corrected chi connectivity index (χ0v) is 11.4. The van der Waals surface area contributed by atoms with E-state index in [0.29, 0.717) is 12.0 Å². The van der Waals surface area contributed by atoms with E-state index in [2.05, 4.69) is 11.8 Å². The molecule has 112 valence electrons. The van der Waals surface area contributed by atoms with Crippen LogP contribution in [-0.2, 0) is 11.2 Å². The maximum absolute atomic E-state index is 13.1. The van der Waals surface area contributed by atoms with Gasteiger partial charge in [0.05, 0.1) is 0 Å². The molecule has 2 nitrogen and oxygen atoms in total. The first-order valence-electron chi connectivity index (χ1n) is 6.43. The molecule has 2 aromatic carbocycles. The largest absolute Gasteiger partial charge is 0.481 e. The van der Waals surface area contributed by atoms with Gasteiger partial charge in [0.25, 0.3) is 0 Å². The first-order chi connectivity index (χ1) is 10.5. The highest BCUT2D eigenvalue weighted by molar-refractivity contribution is 5.67. The SMILES string of the molecule is O=C(O)CCc1ccccc1C#Cc1cc(F)c(F)c(F)c1. The van der Waals surface area contributed by atoms with Gasteiger partial charge in [0.1, 0.15) is 0 Å². The monoisotopic (exact) mass is 304 g/mol. The number of halogens is 3. The quantitative estimate of drug-likeness (QED) is 0.696. The Labute approximate surface area is 125 Å². The summed E-state index contributed by atoms with van der Waals surface area (Å²) in [6, 6.07) is 8.51. The normalized spacial score (nSPS) is 9.95. The fourth-order valence-electron chi connectivity index (χ4n) is 1.87. The van der Waals surface area contributed by atoms with Crippen LogP contribution in [0.1, 0.15) is 23.1 Å². The number of aryl methyl sites for hydroxylation is 1. The van der Waals surface area contributed by atoms with E-state index in [1.165, 1.54) is 0 Å². The summed E-state index contributed by atoms with van der Waals surface area (Å²) in [5.41, 5.74) is 1.29. The van der Waals surface area contributed by atoms with Crippen LogP contribution in [-0.4, -0.2) is 11.1 Å². The first kappa shape index (κ1) is 15.6. The van der Waals surface area contributed by atoms with E-state index in [1.807, 2.05) is 0 Å². The van der Waals surface area contributed by atoms with Gasteiger partial charge in [0, 0.05) is 17.5 Å². The Morgan fingerprint density at radius 1 is 1.05 bits per heavy atom. The minimum Gasteiger partial charge on any atom is -0.481 e. The maximum Gasteiger partial charge on any atom is 0.303 e. The first-order valence-corrected chi connectivity index (χ1v) is 6.43. The third-order valence-electron chi connectivity index (χ3n) is 2.95.